The molecule has 1 aromatic carbocycles. The Morgan fingerprint density at radius 3 is 2.70 bits per heavy atom. The second-order valence-corrected chi connectivity index (χ2v) is 8.26. The van der Waals surface area contributed by atoms with Gasteiger partial charge in [-0.2, -0.15) is 0 Å². The topological polar surface area (TPSA) is 84.3 Å². The largest absolute Gasteiger partial charge is 0.507 e. The van der Waals surface area contributed by atoms with Gasteiger partial charge in [0.1, 0.15) is 5.75 Å². The number of carbonyl (C=O) groups is 1. The maximum absolute atomic E-state index is 13.4. The average molecular weight is 411 g/mol. The van der Waals surface area contributed by atoms with Crippen LogP contribution in [0.4, 0.5) is 0 Å². The van der Waals surface area contributed by atoms with Crippen molar-refractivity contribution in [1.29, 1.82) is 0 Å². The second-order valence-electron chi connectivity index (χ2n) is 8.26. The van der Waals surface area contributed by atoms with Gasteiger partial charge in [-0.05, 0) is 43.4 Å². The quantitative estimate of drug-likeness (QED) is 0.543. The number of aryl methyl sites for hydroxylation is 2. The molecule has 0 bridgehead atoms. The highest BCUT2D eigenvalue weighted by atomic mass is 16.5. The summed E-state index contributed by atoms with van der Waals surface area (Å²) in [5, 5.41) is 11.7. The van der Waals surface area contributed by atoms with Crippen molar-refractivity contribution < 1.29 is 14.6 Å². The van der Waals surface area contributed by atoms with E-state index >= 15 is 0 Å². The highest BCUT2D eigenvalue weighted by molar-refractivity contribution is 5.83. The summed E-state index contributed by atoms with van der Waals surface area (Å²) in [4.78, 5) is 28.6. The van der Waals surface area contributed by atoms with Gasteiger partial charge in [0.2, 0.25) is 0 Å². The van der Waals surface area contributed by atoms with E-state index in [1.807, 2.05) is 45.2 Å². The minimum absolute atomic E-state index is 0.0459. The zero-order valence-electron chi connectivity index (χ0n) is 18.1. The Morgan fingerprint density at radius 1 is 1.27 bits per heavy atom. The van der Waals surface area contributed by atoms with Crippen molar-refractivity contribution in [3.63, 3.8) is 0 Å². The first-order chi connectivity index (χ1) is 14.3. The van der Waals surface area contributed by atoms with Crippen LogP contribution in [0.25, 0.3) is 10.9 Å². The van der Waals surface area contributed by atoms with E-state index in [0.717, 1.165) is 16.5 Å². The molecular formula is C24H30N2O4. The van der Waals surface area contributed by atoms with Gasteiger partial charge in [-0.15, -0.1) is 0 Å². The van der Waals surface area contributed by atoms with Crippen molar-refractivity contribution >= 4 is 16.9 Å². The van der Waals surface area contributed by atoms with Crippen LogP contribution in [-0.2, 0) is 22.5 Å². The molecule has 0 saturated carbocycles. The Hall–Kier alpha value is -3.02. The van der Waals surface area contributed by atoms with E-state index in [-0.39, 0.29) is 35.5 Å². The molecule has 0 aliphatic heterocycles. The minimum atomic E-state index is -0.384. The van der Waals surface area contributed by atoms with Crippen LogP contribution < -0.4 is 5.56 Å². The molecule has 2 aromatic heterocycles. The Labute approximate surface area is 176 Å². The Bertz CT molecular complexity index is 1090. The number of aromatic amines is 1. The van der Waals surface area contributed by atoms with Crippen LogP contribution in [0.3, 0.4) is 0 Å². The predicted octanol–water partition coefficient (Wildman–Crippen LogP) is 4.28. The predicted molar refractivity (Wildman–Crippen MR) is 118 cm³/mol. The number of aromatic hydroxyl groups is 1. The van der Waals surface area contributed by atoms with Crippen molar-refractivity contribution in [2.45, 2.75) is 52.5 Å². The number of H-pyrrole nitrogens is 1. The minimum Gasteiger partial charge on any atom is -0.507 e. The van der Waals surface area contributed by atoms with E-state index in [9.17, 15) is 14.7 Å². The number of hydrogen-bond acceptors (Lipinski definition) is 4. The number of benzene rings is 1. The van der Waals surface area contributed by atoms with Gasteiger partial charge in [0.25, 0.3) is 5.56 Å². The zero-order valence-corrected chi connectivity index (χ0v) is 18.1. The lowest BCUT2D eigenvalue weighted by Gasteiger charge is -2.21. The van der Waals surface area contributed by atoms with Crippen molar-refractivity contribution in [1.82, 2.24) is 9.55 Å². The number of nitrogens with one attached hydrogen (secondary N) is 1. The average Bonchev–Trinajstić information content (AvgIpc) is 3.10. The van der Waals surface area contributed by atoms with Crippen LogP contribution in [0.2, 0.25) is 0 Å². The Morgan fingerprint density at radius 2 is 2.00 bits per heavy atom. The molecular weight excluding hydrogens is 380 g/mol. The van der Waals surface area contributed by atoms with Crippen molar-refractivity contribution in [2.24, 2.45) is 5.92 Å². The standard InChI is InChI=1S/C24H30N2O4/c1-15(2)11-18(13-22(28)30-4)23-21(27)12-16(3)26(24(23)29)10-9-17-14-25-20-8-6-5-7-19(17)20/h5-8,12,14-15,18,25,27H,9-11,13H2,1-4H3/t18-/m1/s1. The van der Waals surface area contributed by atoms with Crippen molar-refractivity contribution in [3.05, 3.63) is 63.7 Å². The number of methoxy groups -OCH3 is 1. The molecule has 1 atom stereocenters. The molecule has 0 radical (unpaired) electrons. The molecule has 0 unspecified atom stereocenters. The van der Waals surface area contributed by atoms with Gasteiger partial charge < -0.3 is 19.4 Å². The number of rotatable bonds is 8. The molecule has 6 heteroatoms. The molecule has 6 nitrogen and oxygen atoms in total. The van der Waals surface area contributed by atoms with E-state index < -0.39 is 0 Å². The molecule has 0 fully saturated rings. The number of pyridine rings is 1. The van der Waals surface area contributed by atoms with Gasteiger partial charge in [0, 0.05) is 35.3 Å². The Balaban J connectivity index is 1.95. The number of nitrogens with zero attached hydrogens (tertiary/aromatic N) is 1. The number of hydrogen-bond donors (Lipinski definition) is 2. The number of carbonyl (C=O) groups excluding carboxylic acids is 1. The summed E-state index contributed by atoms with van der Waals surface area (Å²) < 4.78 is 6.52. The van der Waals surface area contributed by atoms with Crippen molar-refractivity contribution in [3.8, 4) is 5.75 Å². The van der Waals surface area contributed by atoms with Crippen LogP contribution in [0, 0.1) is 12.8 Å². The monoisotopic (exact) mass is 410 g/mol. The first-order valence-electron chi connectivity index (χ1n) is 10.4. The third-order valence-electron chi connectivity index (χ3n) is 5.61. The first kappa shape index (κ1) is 21.7. The van der Waals surface area contributed by atoms with Gasteiger partial charge >= 0.3 is 5.97 Å². The van der Waals surface area contributed by atoms with Crippen LogP contribution in [-0.4, -0.2) is 27.7 Å². The SMILES string of the molecule is COC(=O)C[C@@H](CC(C)C)c1c(O)cc(C)n(CCc2c[nH]c3ccccc23)c1=O. The number of esters is 1. The van der Waals surface area contributed by atoms with Crippen molar-refractivity contribution in [2.75, 3.05) is 7.11 Å². The molecule has 0 aliphatic rings. The summed E-state index contributed by atoms with van der Waals surface area (Å²) >= 11 is 0. The number of ether oxygens (including phenoxy) is 1. The Kier molecular flexibility index (Phi) is 6.65. The molecule has 2 heterocycles. The van der Waals surface area contributed by atoms with Gasteiger partial charge in [-0.25, -0.2) is 0 Å². The van der Waals surface area contributed by atoms with Gasteiger partial charge in [-0.3, -0.25) is 9.59 Å². The molecule has 0 saturated heterocycles. The van der Waals surface area contributed by atoms with Crippen LogP contribution in [0.5, 0.6) is 5.75 Å². The molecule has 0 amide bonds. The van der Waals surface area contributed by atoms with Gasteiger partial charge in [0.15, 0.2) is 0 Å². The van der Waals surface area contributed by atoms with E-state index in [2.05, 4.69) is 11.1 Å². The third kappa shape index (κ3) is 4.58. The summed E-state index contributed by atoms with van der Waals surface area (Å²) in [5.41, 5.74) is 2.97. The fraction of sp³-hybridized carbons (Fsp3) is 0.417. The lowest BCUT2D eigenvalue weighted by molar-refractivity contribution is -0.141. The van der Waals surface area contributed by atoms with E-state index in [4.69, 9.17) is 4.74 Å². The fourth-order valence-electron chi connectivity index (χ4n) is 4.16. The lowest BCUT2D eigenvalue weighted by Crippen LogP contribution is -2.29. The number of para-hydroxylation sites is 1. The van der Waals surface area contributed by atoms with Crippen LogP contribution in [0.15, 0.2) is 41.3 Å². The molecule has 3 rings (SSSR count). The summed E-state index contributed by atoms with van der Waals surface area (Å²) in [6.07, 6.45) is 3.35. The number of aromatic nitrogens is 2. The van der Waals surface area contributed by atoms with Gasteiger partial charge in [-0.1, -0.05) is 32.0 Å². The summed E-state index contributed by atoms with van der Waals surface area (Å²) in [5.74, 6) is -0.551. The summed E-state index contributed by atoms with van der Waals surface area (Å²) in [6.45, 7) is 6.38. The fourth-order valence-corrected chi connectivity index (χ4v) is 4.16. The molecule has 0 spiro atoms. The van der Waals surface area contributed by atoms with E-state index in [0.29, 0.717) is 30.6 Å². The normalized spacial score (nSPS) is 12.4. The van der Waals surface area contributed by atoms with E-state index in [1.54, 1.807) is 10.6 Å². The number of fused-ring (bicyclic) bond motifs is 1. The lowest BCUT2D eigenvalue weighted by atomic mass is 9.87. The highest BCUT2D eigenvalue weighted by Gasteiger charge is 2.25. The van der Waals surface area contributed by atoms with Gasteiger partial charge in [0.05, 0.1) is 19.1 Å². The first-order valence-corrected chi connectivity index (χ1v) is 10.4. The third-order valence-corrected chi connectivity index (χ3v) is 5.61. The maximum Gasteiger partial charge on any atom is 0.306 e. The maximum atomic E-state index is 13.4. The molecule has 30 heavy (non-hydrogen) atoms. The highest BCUT2D eigenvalue weighted by Crippen LogP contribution is 2.32. The summed E-state index contributed by atoms with van der Waals surface area (Å²) in [7, 11) is 1.34. The molecule has 3 aromatic rings. The van der Waals surface area contributed by atoms with E-state index in [1.165, 1.54) is 7.11 Å². The molecule has 160 valence electrons. The van der Waals surface area contributed by atoms with Crippen LogP contribution >= 0.6 is 0 Å². The zero-order chi connectivity index (χ0) is 21.8. The second kappa shape index (κ2) is 9.20. The summed E-state index contributed by atoms with van der Waals surface area (Å²) in [6, 6.07) is 9.70. The van der Waals surface area contributed by atoms with Crippen LogP contribution in [0.1, 0.15) is 49.4 Å². The molecule has 0 aliphatic carbocycles. The smallest absolute Gasteiger partial charge is 0.306 e. The molecule has 2 N–H and O–H groups in total.